The molecule has 1 rings (SSSR count). The standard InChI is InChI=1S/C7H12IN5O2/c1-14-3-9-6-11-5(8)12-7(13-6)10-4-15-2/h3-4H2,1-2H3,(H2,9,10,11,12,13). The van der Waals surface area contributed by atoms with Gasteiger partial charge >= 0.3 is 0 Å². The van der Waals surface area contributed by atoms with Crippen molar-refractivity contribution in [3.63, 3.8) is 0 Å². The van der Waals surface area contributed by atoms with Gasteiger partial charge < -0.3 is 20.1 Å². The van der Waals surface area contributed by atoms with Crippen LogP contribution in [0.25, 0.3) is 0 Å². The van der Waals surface area contributed by atoms with E-state index in [4.69, 9.17) is 9.47 Å². The van der Waals surface area contributed by atoms with E-state index < -0.39 is 0 Å². The number of aromatic nitrogens is 3. The van der Waals surface area contributed by atoms with Crippen LogP contribution in [0.3, 0.4) is 0 Å². The van der Waals surface area contributed by atoms with Crippen LogP contribution in [-0.2, 0) is 9.47 Å². The normalized spacial score (nSPS) is 10.1. The SMILES string of the molecule is COCNc1nc(I)nc(NCOC)n1. The zero-order valence-electron chi connectivity index (χ0n) is 8.45. The lowest BCUT2D eigenvalue weighted by Gasteiger charge is -2.06. The molecule has 2 N–H and O–H groups in total. The van der Waals surface area contributed by atoms with Crippen LogP contribution >= 0.6 is 22.6 Å². The summed E-state index contributed by atoms with van der Waals surface area (Å²) in [7, 11) is 3.17. The number of hydrogen-bond donors (Lipinski definition) is 2. The predicted octanol–water partition coefficient (Wildman–Crippen LogP) is 0.508. The molecular weight excluding hydrogens is 313 g/mol. The highest BCUT2D eigenvalue weighted by Gasteiger charge is 2.02. The largest absolute Gasteiger partial charge is 0.364 e. The van der Waals surface area contributed by atoms with Crippen molar-refractivity contribution in [2.24, 2.45) is 0 Å². The van der Waals surface area contributed by atoms with Gasteiger partial charge in [0.2, 0.25) is 11.9 Å². The van der Waals surface area contributed by atoms with Gasteiger partial charge in [-0.25, -0.2) is 0 Å². The summed E-state index contributed by atoms with van der Waals surface area (Å²) in [6.45, 7) is 0.702. The fourth-order valence-electron chi connectivity index (χ4n) is 0.782. The van der Waals surface area contributed by atoms with E-state index in [2.05, 4.69) is 25.6 Å². The van der Waals surface area contributed by atoms with E-state index in [-0.39, 0.29) is 0 Å². The number of hydrogen-bond acceptors (Lipinski definition) is 7. The summed E-state index contributed by atoms with van der Waals surface area (Å²) in [6.07, 6.45) is 0. The Hall–Kier alpha value is -0.740. The number of anilines is 2. The van der Waals surface area contributed by atoms with Crippen LogP contribution in [0, 0.1) is 3.83 Å². The molecule has 0 spiro atoms. The molecule has 8 heteroatoms. The van der Waals surface area contributed by atoms with Crippen LogP contribution in [0.1, 0.15) is 0 Å². The van der Waals surface area contributed by atoms with Crippen molar-refractivity contribution in [2.75, 3.05) is 38.3 Å². The highest BCUT2D eigenvalue weighted by atomic mass is 127. The first kappa shape index (κ1) is 12.3. The highest BCUT2D eigenvalue weighted by Crippen LogP contribution is 2.06. The molecule has 0 saturated heterocycles. The third kappa shape index (κ3) is 4.53. The molecule has 1 heterocycles. The van der Waals surface area contributed by atoms with E-state index in [0.717, 1.165) is 0 Å². The van der Waals surface area contributed by atoms with Gasteiger partial charge in [0.1, 0.15) is 13.5 Å². The minimum Gasteiger partial charge on any atom is -0.364 e. The Morgan fingerprint density at radius 3 is 1.87 bits per heavy atom. The smallest absolute Gasteiger partial charge is 0.230 e. The molecule has 1 aromatic heterocycles. The van der Waals surface area contributed by atoms with Crippen LogP contribution in [0.15, 0.2) is 0 Å². The number of halogens is 1. The van der Waals surface area contributed by atoms with Gasteiger partial charge in [0, 0.05) is 36.8 Å². The Bertz CT molecular complexity index is 285. The molecule has 84 valence electrons. The molecule has 0 fully saturated rings. The maximum Gasteiger partial charge on any atom is 0.230 e. The van der Waals surface area contributed by atoms with E-state index >= 15 is 0 Å². The average molecular weight is 325 g/mol. The second-order valence-corrected chi connectivity index (χ2v) is 3.44. The van der Waals surface area contributed by atoms with Crippen molar-refractivity contribution in [3.8, 4) is 0 Å². The number of nitrogens with one attached hydrogen (secondary N) is 2. The molecule has 0 aliphatic heterocycles. The van der Waals surface area contributed by atoms with Gasteiger partial charge in [0.05, 0.1) is 0 Å². The molecule has 0 atom stereocenters. The van der Waals surface area contributed by atoms with Gasteiger partial charge in [-0.3, -0.25) is 0 Å². The Morgan fingerprint density at radius 2 is 1.47 bits per heavy atom. The summed E-state index contributed by atoms with van der Waals surface area (Å²) < 4.78 is 10.3. The van der Waals surface area contributed by atoms with Gasteiger partial charge in [0.25, 0.3) is 0 Å². The van der Waals surface area contributed by atoms with Crippen molar-refractivity contribution in [3.05, 3.63) is 3.83 Å². The summed E-state index contributed by atoms with van der Waals surface area (Å²) in [5.41, 5.74) is 0. The third-order valence-electron chi connectivity index (χ3n) is 1.36. The van der Waals surface area contributed by atoms with E-state index in [1.165, 1.54) is 0 Å². The maximum absolute atomic E-state index is 4.85. The van der Waals surface area contributed by atoms with Gasteiger partial charge in [-0.2, -0.15) is 15.0 Å². The molecule has 0 radical (unpaired) electrons. The Morgan fingerprint density at radius 1 is 1.00 bits per heavy atom. The maximum atomic E-state index is 4.85. The zero-order chi connectivity index (χ0) is 11.1. The van der Waals surface area contributed by atoms with E-state index in [9.17, 15) is 0 Å². The Balaban J connectivity index is 2.66. The van der Waals surface area contributed by atoms with Gasteiger partial charge in [0.15, 0.2) is 3.83 Å². The lowest BCUT2D eigenvalue weighted by atomic mass is 10.8. The summed E-state index contributed by atoms with van der Waals surface area (Å²) in [6, 6.07) is 0. The quantitative estimate of drug-likeness (QED) is 0.582. The Kier molecular flexibility index (Phi) is 5.50. The van der Waals surface area contributed by atoms with Crippen LogP contribution in [0.4, 0.5) is 11.9 Å². The third-order valence-corrected chi connectivity index (χ3v) is 1.84. The average Bonchev–Trinajstić information content (AvgIpc) is 2.23. The monoisotopic (exact) mass is 325 g/mol. The molecule has 15 heavy (non-hydrogen) atoms. The second-order valence-electron chi connectivity index (χ2n) is 2.47. The molecule has 0 aliphatic rings. The molecule has 1 aromatic rings. The van der Waals surface area contributed by atoms with Crippen LogP contribution in [0.2, 0.25) is 0 Å². The minimum atomic E-state index is 0.351. The van der Waals surface area contributed by atoms with E-state index in [0.29, 0.717) is 29.2 Å². The summed E-state index contributed by atoms with van der Waals surface area (Å²) in [5.74, 6) is 0.935. The first-order chi connectivity index (χ1) is 7.26. The molecule has 0 saturated carbocycles. The van der Waals surface area contributed by atoms with Crippen molar-refractivity contribution >= 4 is 34.5 Å². The first-order valence-electron chi connectivity index (χ1n) is 4.13. The van der Waals surface area contributed by atoms with Gasteiger partial charge in [-0.15, -0.1) is 0 Å². The molecule has 0 bridgehead atoms. The number of nitrogens with zero attached hydrogens (tertiary/aromatic N) is 3. The van der Waals surface area contributed by atoms with Crippen LogP contribution < -0.4 is 10.6 Å². The highest BCUT2D eigenvalue weighted by molar-refractivity contribution is 14.1. The van der Waals surface area contributed by atoms with E-state index in [1.807, 2.05) is 22.6 Å². The van der Waals surface area contributed by atoms with Crippen LogP contribution in [-0.4, -0.2) is 42.6 Å². The number of rotatable bonds is 6. The topological polar surface area (TPSA) is 81.2 Å². The van der Waals surface area contributed by atoms with E-state index in [1.54, 1.807) is 14.2 Å². The molecule has 0 amide bonds. The summed E-state index contributed by atoms with van der Waals surface area (Å²) in [4.78, 5) is 12.2. The van der Waals surface area contributed by atoms with Crippen LogP contribution in [0.5, 0.6) is 0 Å². The number of ether oxygens (including phenoxy) is 2. The second kappa shape index (κ2) is 6.69. The first-order valence-corrected chi connectivity index (χ1v) is 5.21. The molecule has 0 aliphatic carbocycles. The van der Waals surface area contributed by atoms with Gasteiger partial charge in [-0.1, -0.05) is 0 Å². The van der Waals surface area contributed by atoms with Crippen molar-refractivity contribution in [2.45, 2.75) is 0 Å². The minimum absolute atomic E-state index is 0.351. The number of methoxy groups -OCH3 is 2. The lowest BCUT2D eigenvalue weighted by Crippen LogP contribution is -2.12. The molecular formula is C7H12IN5O2. The van der Waals surface area contributed by atoms with Gasteiger partial charge in [-0.05, 0) is 0 Å². The van der Waals surface area contributed by atoms with Crippen molar-refractivity contribution in [1.82, 2.24) is 15.0 Å². The fourth-order valence-corrected chi connectivity index (χ4v) is 1.24. The molecule has 0 aromatic carbocycles. The predicted molar refractivity (Wildman–Crippen MR) is 63.5 cm³/mol. The van der Waals surface area contributed by atoms with Crippen molar-refractivity contribution < 1.29 is 9.47 Å². The Labute approximate surface area is 101 Å². The lowest BCUT2D eigenvalue weighted by molar-refractivity contribution is 0.219. The fraction of sp³-hybridized carbons (Fsp3) is 0.571. The van der Waals surface area contributed by atoms with Crippen molar-refractivity contribution in [1.29, 1.82) is 0 Å². The molecule has 7 nitrogen and oxygen atoms in total. The zero-order valence-corrected chi connectivity index (χ0v) is 10.6. The molecule has 0 unspecified atom stereocenters. The summed E-state index contributed by atoms with van der Waals surface area (Å²) >= 11 is 2.01. The summed E-state index contributed by atoms with van der Waals surface area (Å²) in [5, 5.41) is 5.76.